The van der Waals surface area contributed by atoms with Gasteiger partial charge in [-0.2, -0.15) is 0 Å². The highest BCUT2D eigenvalue weighted by Gasteiger charge is 2.12. The minimum Gasteiger partial charge on any atom is -0.437 e. The molecule has 1 heterocycles. The van der Waals surface area contributed by atoms with Crippen molar-refractivity contribution >= 4 is 32.7 Å². The molecule has 3 nitrogen and oxygen atoms in total. The van der Waals surface area contributed by atoms with E-state index in [0.717, 1.165) is 15.6 Å². The highest BCUT2D eigenvalue weighted by molar-refractivity contribution is 9.10. The molecule has 3 aromatic rings. The van der Waals surface area contributed by atoms with Crippen LogP contribution in [0.3, 0.4) is 0 Å². The molecule has 0 saturated heterocycles. The monoisotopic (exact) mass is 298 g/mol. The van der Waals surface area contributed by atoms with Crippen molar-refractivity contribution in [1.82, 2.24) is 4.98 Å². The van der Waals surface area contributed by atoms with E-state index in [9.17, 15) is 0 Å². The van der Waals surface area contributed by atoms with E-state index >= 15 is 0 Å². The second-order valence-electron chi connectivity index (χ2n) is 3.76. The van der Waals surface area contributed by atoms with Gasteiger partial charge < -0.3 is 4.42 Å². The smallest absolute Gasteiger partial charge is 0.216 e. The largest absolute Gasteiger partial charge is 0.437 e. The van der Waals surface area contributed by atoms with Crippen molar-refractivity contribution < 1.29 is 4.42 Å². The summed E-state index contributed by atoms with van der Waals surface area (Å²) < 4.78 is 6.54. The minimum absolute atomic E-state index is 0.481. The van der Waals surface area contributed by atoms with Crippen LogP contribution in [0.1, 0.15) is 0 Å². The van der Waals surface area contributed by atoms with Crippen LogP contribution in [0.25, 0.3) is 27.4 Å². The Morgan fingerprint density at radius 3 is 2.78 bits per heavy atom. The van der Waals surface area contributed by atoms with Gasteiger partial charge in [0.15, 0.2) is 5.58 Å². The summed E-state index contributed by atoms with van der Waals surface area (Å²) in [6, 6.07) is 13.0. The third-order valence-electron chi connectivity index (χ3n) is 2.60. The standard InChI is InChI=1S/C14H7BrN2O/c1-16-12-8-9(15)6-7-10(12)14-17-11-4-2-3-5-13(11)18-14/h2-8H. The minimum atomic E-state index is 0.481. The normalized spacial score (nSPS) is 10.4. The number of fused-ring (bicyclic) bond motifs is 1. The van der Waals surface area contributed by atoms with E-state index in [1.165, 1.54) is 0 Å². The van der Waals surface area contributed by atoms with Gasteiger partial charge in [-0.15, -0.1) is 0 Å². The maximum Gasteiger partial charge on any atom is 0.216 e. The van der Waals surface area contributed by atoms with Crippen LogP contribution in [-0.2, 0) is 0 Å². The first kappa shape index (κ1) is 11.0. The van der Waals surface area contributed by atoms with E-state index in [0.29, 0.717) is 17.1 Å². The number of aromatic nitrogens is 1. The maximum atomic E-state index is 7.20. The zero-order valence-corrected chi connectivity index (χ0v) is 10.8. The summed E-state index contributed by atoms with van der Waals surface area (Å²) in [5, 5.41) is 0. The Balaban J connectivity index is 2.23. The van der Waals surface area contributed by atoms with E-state index in [-0.39, 0.29) is 0 Å². The van der Waals surface area contributed by atoms with Gasteiger partial charge in [-0.1, -0.05) is 34.1 Å². The molecular formula is C14H7BrN2O. The van der Waals surface area contributed by atoms with Gasteiger partial charge in [0.2, 0.25) is 11.6 Å². The van der Waals surface area contributed by atoms with Crippen molar-refractivity contribution in [2.75, 3.05) is 0 Å². The van der Waals surface area contributed by atoms with Crippen molar-refractivity contribution in [3.05, 3.63) is 58.4 Å². The van der Waals surface area contributed by atoms with Gasteiger partial charge in [0.25, 0.3) is 0 Å². The van der Waals surface area contributed by atoms with Crippen LogP contribution in [-0.4, -0.2) is 4.98 Å². The zero-order chi connectivity index (χ0) is 12.5. The molecule has 0 aliphatic rings. The lowest BCUT2D eigenvalue weighted by molar-refractivity contribution is 0.620. The number of halogens is 1. The number of nitrogens with zero attached hydrogens (tertiary/aromatic N) is 2. The Bertz CT molecular complexity index is 738. The molecule has 0 amide bonds. The topological polar surface area (TPSA) is 30.4 Å². The van der Waals surface area contributed by atoms with Crippen molar-refractivity contribution in [2.24, 2.45) is 0 Å². The molecule has 0 fully saturated rings. The first-order chi connectivity index (χ1) is 8.78. The number of oxazole rings is 1. The van der Waals surface area contributed by atoms with Gasteiger partial charge in [-0.3, -0.25) is 0 Å². The van der Waals surface area contributed by atoms with E-state index in [1.807, 2.05) is 36.4 Å². The molecule has 0 unspecified atom stereocenters. The lowest BCUT2D eigenvalue weighted by Crippen LogP contribution is -1.77. The van der Waals surface area contributed by atoms with Crippen molar-refractivity contribution in [3.63, 3.8) is 0 Å². The summed E-state index contributed by atoms with van der Waals surface area (Å²) in [6.07, 6.45) is 0. The lowest BCUT2D eigenvalue weighted by Gasteiger charge is -1.99. The fourth-order valence-corrected chi connectivity index (χ4v) is 2.11. The van der Waals surface area contributed by atoms with Gasteiger partial charge in [0, 0.05) is 10.0 Å². The van der Waals surface area contributed by atoms with Crippen LogP contribution in [0.5, 0.6) is 0 Å². The van der Waals surface area contributed by atoms with E-state index < -0.39 is 0 Å². The summed E-state index contributed by atoms with van der Waals surface area (Å²) >= 11 is 3.35. The Hall–Kier alpha value is -2.12. The number of para-hydroxylation sites is 2. The second kappa shape index (κ2) is 4.28. The molecule has 86 valence electrons. The van der Waals surface area contributed by atoms with Crippen LogP contribution in [0.2, 0.25) is 0 Å². The fourth-order valence-electron chi connectivity index (χ4n) is 1.77. The SMILES string of the molecule is [C-]#[N+]c1cc(Br)ccc1-c1nc2ccccc2o1. The predicted molar refractivity (Wildman–Crippen MR) is 73.4 cm³/mol. The van der Waals surface area contributed by atoms with Gasteiger partial charge in [0.1, 0.15) is 5.52 Å². The van der Waals surface area contributed by atoms with Gasteiger partial charge in [-0.05, 0) is 24.3 Å². The zero-order valence-electron chi connectivity index (χ0n) is 9.22. The third-order valence-corrected chi connectivity index (χ3v) is 3.10. The van der Waals surface area contributed by atoms with Crippen LogP contribution < -0.4 is 0 Å². The maximum absolute atomic E-state index is 7.20. The molecule has 0 aliphatic heterocycles. The predicted octanol–water partition coefficient (Wildman–Crippen LogP) is 4.81. The van der Waals surface area contributed by atoms with Gasteiger partial charge >= 0.3 is 0 Å². The molecule has 0 radical (unpaired) electrons. The van der Waals surface area contributed by atoms with Gasteiger partial charge in [0.05, 0.1) is 6.57 Å². The van der Waals surface area contributed by atoms with E-state index in [2.05, 4.69) is 25.8 Å². The molecular weight excluding hydrogens is 292 g/mol. The van der Waals surface area contributed by atoms with E-state index in [1.54, 1.807) is 6.07 Å². The molecule has 0 atom stereocenters. The third kappa shape index (κ3) is 1.79. The second-order valence-corrected chi connectivity index (χ2v) is 4.68. The average molecular weight is 299 g/mol. The molecule has 0 bridgehead atoms. The highest BCUT2D eigenvalue weighted by atomic mass is 79.9. The molecule has 2 aromatic carbocycles. The Morgan fingerprint density at radius 1 is 1.17 bits per heavy atom. The molecule has 0 spiro atoms. The molecule has 0 N–H and O–H groups in total. The lowest BCUT2D eigenvalue weighted by atomic mass is 10.2. The highest BCUT2D eigenvalue weighted by Crippen LogP contribution is 2.33. The summed E-state index contributed by atoms with van der Waals surface area (Å²) in [5.74, 6) is 0.481. The molecule has 1 aromatic heterocycles. The summed E-state index contributed by atoms with van der Waals surface area (Å²) in [6.45, 7) is 7.20. The van der Waals surface area contributed by atoms with Crippen molar-refractivity contribution in [3.8, 4) is 11.5 Å². The van der Waals surface area contributed by atoms with Crippen molar-refractivity contribution in [2.45, 2.75) is 0 Å². The molecule has 18 heavy (non-hydrogen) atoms. The van der Waals surface area contributed by atoms with Gasteiger partial charge in [-0.25, -0.2) is 9.83 Å². The first-order valence-corrected chi connectivity index (χ1v) is 6.10. The summed E-state index contributed by atoms with van der Waals surface area (Å²) in [4.78, 5) is 7.89. The van der Waals surface area contributed by atoms with Crippen molar-refractivity contribution in [1.29, 1.82) is 0 Å². The Morgan fingerprint density at radius 2 is 2.00 bits per heavy atom. The Kier molecular flexibility index (Phi) is 2.62. The summed E-state index contributed by atoms with van der Waals surface area (Å²) in [7, 11) is 0. The quantitative estimate of drug-likeness (QED) is 0.604. The number of rotatable bonds is 1. The number of hydrogen-bond donors (Lipinski definition) is 0. The molecule has 4 heteroatoms. The van der Waals surface area contributed by atoms with Crippen LogP contribution in [0.15, 0.2) is 51.4 Å². The number of hydrogen-bond acceptors (Lipinski definition) is 2. The van der Waals surface area contributed by atoms with Crippen LogP contribution in [0, 0.1) is 6.57 Å². The molecule has 0 saturated carbocycles. The number of benzene rings is 2. The first-order valence-electron chi connectivity index (χ1n) is 5.31. The molecule has 3 rings (SSSR count). The van der Waals surface area contributed by atoms with Crippen LogP contribution in [0.4, 0.5) is 5.69 Å². The van der Waals surface area contributed by atoms with Crippen LogP contribution >= 0.6 is 15.9 Å². The average Bonchev–Trinajstić information content (AvgIpc) is 2.82. The Labute approximate surface area is 112 Å². The fraction of sp³-hybridized carbons (Fsp3) is 0. The molecule has 0 aliphatic carbocycles. The summed E-state index contributed by atoms with van der Waals surface area (Å²) in [5.41, 5.74) is 2.76. The van der Waals surface area contributed by atoms with E-state index in [4.69, 9.17) is 11.0 Å².